The molecule has 19 heavy (non-hydrogen) atoms. The Balaban J connectivity index is 1.91. The summed E-state index contributed by atoms with van der Waals surface area (Å²) < 4.78 is 21.1. The van der Waals surface area contributed by atoms with Crippen molar-refractivity contribution in [1.82, 2.24) is 9.55 Å². The van der Waals surface area contributed by atoms with Gasteiger partial charge in [-0.05, 0) is 37.6 Å². The van der Waals surface area contributed by atoms with Crippen molar-refractivity contribution in [1.29, 1.82) is 0 Å². The van der Waals surface area contributed by atoms with Crippen molar-refractivity contribution in [3.05, 3.63) is 47.8 Å². The Morgan fingerprint density at radius 3 is 2.89 bits per heavy atom. The third-order valence-electron chi connectivity index (χ3n) is 2.94. The van der Waals surface area contributed by atoms with Gasteiger partial charge in [0.1, 0.15) is 12.4 Å². The minimum Gasteiger partial charge on any atom is -0.489 e. The Morgan fingerprint density at radius 1 is 1.42 bits per heavy atom. The standard InChI is InChI=1S/C14H18FN3O/c1-11-17-6-7-18(11)8-9-19-14-3-2-12(4-5-16)10-13(14)15/h2-3,6-7,10H,4-5,8-9,16H2,1H3. The zero-order valence-electron chi connectivity index (χ0n) is 11.0. The van der Waals surface area contributed by atoms with Gasteiger partial charge >= 0.3 is 0 Å². The molecular weight excluding hydrogens is 245 g/mol. The van der Waals surface area contributed by atoms with Crippen molar-refractivity contribution in [2.45, 2.75) is 19.9 Å². The summed E-state index contributed by atoms with van der Waals surface area (Å²) in [5, 5.41) is 0. The fraction of sp³-hybridized carbons (Fsp3) is 0.357. The van der Waals surface area contributed by atoms with E-state index in [4.69, 9.17) is 10.5 Å². The second-order valence-electron chi connectivity index (χ2n) is 4.32. The van der Waals surface area contributed by atoms with Crippen LogP contribution >= 0.6 is 0 Å². The molecule has 0 atom stereocenters. The number of hydrogen-bond donors (Lipinski definition) is 1. The second kappa shape index (κ2) is 6.33. The number of benzene rings is 1. The van der Waals surface area contributed by atoms with Crippen molar-refractivity contribution in [3.8, 4) is 5.75 Å². The number of halogens is 1. The molecule has 0 aliphatic carbocycles. The number of aryl methyl sites for hydroxylation is 1. The molecule has 2 aromatic rings. The number of ether oxygens (including phenoxy) is 1. The van der Waals surface area contributed by atoms with Crippen LogP contribution in [0.5, 0.6) is 5.75 Å². The van der Waals surface area contributed by atoms with Gasteiger partial charge in [-0.1, -0.05) is 6.07 Å². The molecule has 1 heterocycles. The Labute approximate surface area is 112 Å². The molecule has 0 aliphatic rings. The molecule has 0 radical (unpaired) electrons. The van der Waals surface area contributed by atoms with Crippen LogP contribution in [0, 0.1) is 12.7 Å². The average Bonchev–Trinajstić information content (AvgIpc) is 2.78. The molecule has 0 bridgehead atoms. The van der Waals surface area contributed by atoms with Crippen LogP contribution in [-0.4, -0.2) is 22.7 Å². The third-order valence-corrected chi connectivity index (χ3v) is 2.94. The maximum atomic E-state index is 13.7. The van der Waals surface area contributed by atoms with Crippen molar-refractivity contribution in [2.24, 2.45) is 5.73 Å². The van der Waals surface area contributed by atoms with Crippen LogP contribution in [-0.2, 0) is 13.0 Å². The minimum absolute atomic E-state index is 0.276. The Morgan fingerprint density at radius 2 is 2.26 bits per heavy atom. The lowest BCUT2D eigenvalue weighted by molar-refractivity contribution is 0.283. The minimum atomic E-state index is -0.340. The van der Waals surface area contributed by atoms with E-state index in [9.17, 15) is 4.39 Å². The summed E-state index contributed by atoms with van der Waals surface area (Å²) in [5.41, 5.74) is 6.32. The smallest absolute Gasteiger partial charge is 0.165 e. The lowest BCUT2D eigenvalue weighted by atomic mass is 10.1. The maximum Gasteiger partial charge on any atom is 0.165 e. The van der Waals surface area contributed by atoms with E-state index in [1.165, 1.54) is 6.07 Å². The normalized spacial score (nSPS) is 10.7. The predicted octanol–water partition coefficient (Wildman–Crippen LogP) is 1.91. The van der Waals surface area contributed by atoms with E-state index in [0.717, 1.165) is 11.4 Å². The zero-order valence-corrected chi connectivity index (χ0v) is 11.0. The van der Waals surface area contributed by atoms with Crippen LogP contribution in [0.1, 0.15) is 11.4 Å². The number of nitrogens with two attached hydrogens (primary N) is 1. The number of hydrogen-bond acceptors (Lipinski definition) is 3. The van der Waals surface area contributed by atoms with Crippen LogP contribution in [0.15, 0.2) is 30.6 Å². The molecule has 0 saturated carbocycles. The van der Waals surface area contributed by atoms with Crippen LogP contribution in [0.3, 0.4) is 0 Å². The van der Waals surface area contributed by atoms with Gasteiger partial charge in [-0.15, -0.1) is 0 Å². The Bertz CT molecular complexity index is 539. The number of imidazole rings is 1. The van der Waals surface area contributed by atoms with Crippen molar-refractivity contribution < 1.29 is 9.13 Å². The highest BCUT2D eigenvalue weighted by molar-refractivity contribution is 5.29. The van der Waals surface area contributed by atoms with E-state index in [1.54, 1.807) is 12.3 Å². The van der Waals surface area contributed by atoms with Gasteiger partial charge in [0.25, 0.3) is 0 Å². The molecule has 2 rings (SSSR count). The number of aromatic nitrogens is 2. The summed E-state index contributed by atoms with van der Waals surface area (Å²) in [4.78, 5) is 4.11. The molecule has 102 valence electrons. The van der Waals surface area contributed by atoms with Crippen LogP contribution in [0.2, 0.25) is 0 Å². The summed E-state index contributed by atoms with van der Waals surface area (Å²) >= 11 is 0. The maximum absolute atomic E-state index is 13.7. The van der Waals surface area contributed by atoms with Crippen molar-refractivity contribution in [3.63, 3.8) is 0 Å². The van der Waals surface area contributed by atoms with Gasteiger partial charge in [-0.25, -0.2) is 9.37 Å². The predicted molar refractivity (Wildman–Crippen MR) is 71.6 cm³/mol. The fourth-order valence-corrected chi connectivity index (χ4v) is 1.88. The fourth-order valence-electron chi connectivity index (χ4n) is 1.88. The first-order chi connectivity index (χ1) is 9.20. The van der Waals surface area contributed by atoms with Gasteiger partial charge in [0.05, 0.1) is 6.54 Å². The first-order valence-corrected chi connectivity index (χ1v) is 6.29. The lowest BCUT2D eigenvalue weighted by Crippen LogP contribution is -2.09. The second-order valence-corrected chi connectivity index (χ2v) is 4.32. The summed E-state index contributed by atoms with van der Waals surface area (Å²) in [6.07, 6.45) is 4.28. The monoisotopic (exact) mass is 263 g/mol. The molecule has 1 aromatic heterocycles. The SMILES string of the molecule is Cc1nccn1CCOc1ccc(CCN)cc1F. The molecule has 1 aromatic carbocycles. The van der Waals surface area contributed by atoms with E-state index >= 15 is 0 Å². The molecular formula is C14H18FN3O. The molecule has 0 fully saturated rings. The van der Waals surface area contributed by atoms with Crippen LogP contribution in [0.25, 0.3) is 0 Å². The van der Waals surface area contributed by atoms with Gasteiger partial charge in [0, 0.05) is 12.4 Å². The molecule has 0 spiro atoms. The van der Waals surface area contributed by atoms with Crippen molar-refractivity contribution in [2.75, 3.05) is 13.2 Å². The van der Waals surface area contributed by atoms with Gasteiger partial charge in [0.2, 0.25) is 0 Å². The summed E-state index contributed by atoms with van der Waals surface area (Å²) in [7, 11) is 0. The molecule has 0 aliphatic heterocycles. The zero-order chi connectivity index (χ0) is 13.7. The summed E-state index contributed by atoms with van der Waals surface area (Å²) in [6.45, 7) is 3.49. The first-order valence-electron chi connectivity index (χ1n) is 6.29. The highest BCUT2D eigenvalue weighted by atomic mass is 19.1. The number of nitrogens with zero attached hydrogens (tertiary/aromatic N) is 2. The van der Waals surface area contributed by atoms with Gasteiger partial charge in [0.15, 0.2) is 11.6 Å². The molecule has 2 N–H and O–H groups in total. The molecule has 5 heteroatoms. The summed E-state index contributed by atoms with van der Waals surface area (Å²) in [5.74, 6) is 0.856. The summed E-state index contributed by atoms with van der Waals surface area (Å²) in [6, 6.07) is 4.97. The van der Waals surface area contributed by atoms with E-state index in [2.05, 4.69) is 4.98 Å². The molecule has 0 amide bonds. The molecule has 0 unspecified atom stereocenters. The van der Waals surface area contributed by atoms with Crippen LogP contribution in [0.4, 0.5) is 4.39 Å². The molecule has 0 saturated heterocycles. The average molecular weight is 263 g/mol. The first kappa shape index (κ1) is 13.5. The van der Waals surface area contributed by atoms with Crippen LogP contribution < -0.4 is 10.5 Å². The van der Waals surface area contributed by atoms with Gasteiger partial charge < -0.3 is 15.0 Å². The Hall–Kier alpha value is -1.88. The quantitative estimate of drug-likeness (QED) is 0.866. The van der Waals surface area contributed by atoms with E-state index in [0.29, 0.717) is 26.1 Å². The highest BCUT2D eigenvalue weighted by Crippen LogP contribution is 2.18. The van der Waals surface area contributed by atoms with Crippen molar-refractivity contribution >= 4 is 0 Å². The molecule has 4 nitrogen and oxygen atoms in total. The largest absolute Gasteiger partial charge is 0.489 e. The van der Waals surface area contributed by atoms with Gasteiger partial charge in [-0.2, -0.15) is 0 Å². The third kappa shape index (κ3) is 3.54. The topological polar surface area (TPSA) is 53.1 Å². The number of rotatable bonds is 6. The van der Waals surface area contributed by atoms with E-state index < -0.39 is 0 Å². The highest BCUT2D eigenvalue weighted by Gasteiger charge is 2.05. The Kier molecular flexibility index (Phi) is 4.52. The van der Waals surface area contributed by atoms with E-state index in [-0.39, 0.29) is 11.6 Å². The van der Waals surface area contributed by atoms with Gasteiger partial charge in [-0.3, -0.25) is 0 Å². The van der Waals surface area contributed by atoms with E-state index in [1.807, 2.05) is 23.8 Å². The lowest BCUT2D eigenvalue weighted by Gasteiger charge is -2.09.